The summed E-state index contributed by atoms with van der Waals surface area (Å²) in [6, 6.07) is 16.7. The van der Waals surface area contributed by atoms with Gasteiger partial charge in [0.1, 0.15) is 24.2 Å². The zero-order valence-corrected chi connectivity index (χ0v) is 38.7. The van der Waals surface area contributed by atoms with Crippen LogP contribution in [0.1, 0.15) is 96.5 Å². The molecule has 0 radical (unpaired) electrons. The summed E-state index contributed by atoms with van der Waals surface area (Å²) in [7, 11) is 2.68. The maximum absolute atomic E-state index is 13.6. The summed E-state index contributed by atoms with van der Waals surface area (Å²) in [6.07, 6.45) is 4.15. The van der Waals surface area contributed by atoms with Gasteiger partial charge in [-0.2, -0.15) is 0 Å². The highest BCUT2D eigenvalue weighted by atomic mass is 28.3. The second-order valence-electron chi connectivity index (χ2n) is 19.0. The molecule has 2 aromatic heterocycles. The third kappa shape index (κ3) is 10.4. The van der Waals surface area contributed by atoms with Crippen LogP contribution >= 0.6 is 0 Å². The van der Waals surface area contributed by atoms with Gasteiger partial charge >= 0.3 is 6.09 Å². The van der Waals surface area contributed by atoms with Crippen molar-refractivity contribution >= 4 is 60.2 Å². The zero-order valence-electron chi connectivity index (χ0n) is 37.7. The molecule has 3 aliphatic heterocycles. The second kappa shape index (κ2) is 18.5. The van der Waals surface area contributed by atoms with Crippen molar-refractivity contribution in [2.45, 2.75) is 103 Å². The number of carbonyl (C=O) groups is 5. The van der Waals surface area contributed by atoms with Crippen molar-refractivity contribution in [2.24, 2.45) is 0 Å². The molecule has 15 heteroatoms. The van der Waals surface area contributed by atoms with E-state index in [-0.39, 0.29) is 49.9 Å². The average Bonchev–Trinajstić information content (AvgIpc) is 3.92. The van der Waals surface area contributed by atoms with Crippen molar-refractivity contribution in [1.82, 2.24) is 24.3 Å². The van der Waals surface area contributed by atoms with E-state index in [1.54, 1.807) is 46.0 Å². The summed E-state index contributed by atoms with van der Waals surface area (Å²) in [5, 5.41) is 3.69. The fraction of sp³-hybridized carbons (Fsp3) is 0.458. The molecular weight excluding hydrogens is 815 g/mol. The molecule has 1 N–H and O–H groups in total. The number of aromatic nitrogens is 2. The molecule has 3 aliphatic rings. The molecule has 0 aliphatic carbocycles. The fourth-order valence-electron chi connectivity index (χ4n) is 8.30. The van der Waals surface area contributed by atoms with Gasteiger partial charge in [-0.05, 0) is 108 Å². The fourth-order valence-corrected chi connectivity index (χ4v) is 9.06. The van der Waals surface area contributed by atoms with E-state index in [1.807, 2.05) is 57.0 Å². The number of anilines is 2. The summed E-state index contributed by atoms with van der Waals surface area (Å²) in [6.45, 7) is 14.4. The molecule has 4 aromatic rings. The van der Waals surface area contributed by atoms with E-state index in [2.05, 4.69) is 53.7 Å². The molecular formula is C48H59N7O7Si. The monoisotopic (exact) mass is 873 g/mol. The molecule has 2 saturated heterocycles. The number of hydrogen-bond donors (Lipinski definition) is 1. The Morgan fingerprint density at radius 1 is 1.02 bits per heavy atom. The van der Waals surface area contributed by atoms with Crippen LogP contribution in [0.15, 0.2) is 60.8 Å². The first-order chi connectivity index (χ1) is 29.9. The molecule has 0 saturated carbocycles. The lowest BCUT2D eigenvalue weighted by atomic mass is 10.0. The molecule has 2 fully saturated rings. The van der Waals surface area contributed by atoms with Crippen molar-refractivity contribution in [2.75, 3.05) is 50.7 Å². The van der Waals surface area contributed by atoms with Gasteiger partial charge in [0.25, 0.3) is 17.7 Å². The first-order valence-electron chi connectivity index (χ1n) is 21.8. The van der Waals surface area contributed by atoms with E-state index >= 15 is 0 Å². The number of piperidine rings is 1. The summed E-state index contributed by atoms with van der Waals surface area (Å²) in [4.78, 5) is 78.3. The lowest BCUT2D eigenvalue weighted by molar-refractivity contribution is -0.158. The van der Waals surface area contributed by atoms with Crippen LogP contribution in [0.2, 0.25) is 25.7 Å². The summed E-state index contributed by atoms with van der Waals surface area (Å²) in [5.74, 6) is 5.60. The van der Waals surface area contributed by atoms with E-state index in [0.717, 1.165) is 58.2 Å². The molecule has 2 atom stereocenters. The maximum atomic E-state index is 13.6. The summed E-state index contributed by atoms with van der Waals surface area (Å²) >= 11 is 0. The standard InChI is InChI=1S/C48H59N7O7Si/c1-48(2,3)62-47(60)55-40-28-42(49-29-34(40)27-41(55)38-16-12-24-52(38)5)50-44(57)33-17-19-35(20-18-33)51(4)23-10-9-13-32-14-11-15-36-37(32)30-53(45(36)58)39-21-22-43(56)54(46(39)59)31-61-25-26-63(6,7)8/h11,14-15,17-20,27-29,38-39H,10,12,16,21-26,30-31H2,1-8H3,(H,49,50,57)/t38-,39?/m1/s1. The number of hydrogen-bond acceptors (Lipinski definition) is 10. The number of fused-ring (bicyclic) bond motifs is 2. The van der Waals surface area contributed by atoms with Gasteiger partial charge in [-0.15, -0.1) is 0 Å². The second-order valence-corrected chi connectivity index (χ2v) is 24.6. The van der Waals surface area contributed by atoms with Crippen LogP contribution in [0.5, 0.6) is 0 Å². The first-order valence-corrected chi connectivity index (χ1v) is 25.5. The van der Waals surface area contributed by atoms with Crippen molar-refractivity contribution in [3.8, 4) is 11.8 Å². The minimum absolute atomic E-state index is 0.0632. The van der Waals surface area contributed by atoms with Crippen LogP contribution in [0.4, 0.5) is 16.3 Å². The van der Waals surface area contributed by atoms with Gasteiger partial charge in [0.15, 0.2) is 0 Å². The molecule has 4 amide bonds. The van der Waals surface area contributed by atoms with Gasteiger partial charge < -0.3 is 24.6 Å². The molecule has 0 bridgehead atoms. The van der Waals surface area contributed by atoms with Crippen LogP contribution < -0.4 is 10.2 Å². The smallest absolute Gasteiger partial charge is 0.419 e. The van der Waals surface area contributed by atoms with Crippen LogP contribution in [-0.4, -0.2) is 114 Å². The number of rotatable bonds is 12. The number of likely N-dealkylation sites (tertiary alicyclic amines) is 2. The first kappa shape index (κ1) is 45.2. The predicted molar refractivity (Wildman–Crippen MR) is 245 cm³/mol. The van der Waals surface area contributed by atoms with Gasteiger partial charge in [-0.25, -0.2) is 14.3 Å². The van der Waals surface area contributed by atoms with E-state index in [9.17, 15) is 24.0 Å². The molecule has 1 unspecified atom stereocenters. The molecule has 63 heavy (non-hydrogen) atoms. The molecule has 0 spiro atoms. The number of pyridine rings is 1. The Labute approximate surface area is 370 Å². The zero-order chi connectivity index (χ0) is 45.2. The Morgan fingerprint density at radius 2 is 1.78 bits per heavy atom. The molecule has 5 heterocycles. The van der Waals surface area contributed by atoms with Crippen molar-refractivity contribution in [3.05, 3.63) is 88.7 Å². The Hall–Kier alpha value is -5.82. The number of carbonyl (C=O) groups excluding carboxylic acids is 5. The predicted octanol–water partition coefficient (Wildman–Crippen LogP) is 7.50. The maximum Gasteiger partial charge on any atom is 0.419 e. The highest BCUT2D eigenvalue weighted by Crippen LogP contribution is 2.36. The number of ether oxygens (including phenoxy) is 2. The quantitative estimate of drug-likeness (QED) is 0.0657. The largest absolute Gasteiger partial charge is 0.443 e. The third-order valence-electron chi connectivity index (χ3n) is 11.8. The lowest BCUT2D eigenvalue weighted by Crippen LogP contribution is -2.55. The van der Waals surface area contributed by atoms with Gasteiger partial charge in [0.05, 0.1) is 11.6 Å². The highest BCUT2D eigenvalue weighted by Gasteiger charge is 2.43. The topological polar surface area (TPSA) is 147 Å². The Kier molecular flexibility index (Phi) is 13.3. The van der Waals surface area contributed by atoms with Crippen molar-refractivity contribution in [3.63, 3.8) is 0 Å². The number of amides is 4. The molecule has 14 nitrogen and oxygen atoms in total. The summed E-state index contributed by atoms with van der Waals surface area (Å²) < 4.78 is 13.2. The third-order valence-corrected chi connectivity index (χ3v) is 13.5. The molecule has 332 valence electrons. The van der Waals surface area contributed by atoms with E-state index < -0.39 is 31.7 Å². The normalized spacial score (nSPS) is 18.1. The van der Waals surface area contributed by atoms with Gasteiger partial charge in [-0.3, -0.25) is 29.0 Å². The summed E-state index contributed by atoms with van der Waals surface area (Å²) in [5.41, 5.74) is 4.18. The number of nitrogens with one attached hydrogen (secondary N) is 1. The van der Waals surface area contributed by atoms with E-state index in [4.69, 9.17) is 9.47 Å². The Bertz CT molecular complexity index is 2480. The van der Waals surface area contributed by atoms with Crippen LogP contribution in [0.25, 0.3) is 10.9 Å². The van der Waals surface area contributed by atoms with Crippen LogP contribution in [0.3, 0.4) is 0 Å². The highest BCUT2D eigenvalue weighted by molar-refractivity contribution is 6.76. The number of imide groups is 1. The van der Waals surface area contributed by atoms with Gasteiger partial charge in [-0.1, -0.05) is 37.5 Å². The Morgan fingerprint density at radius 3 is 2.48 bits per heavy atom. The minimum Gasteiger partial charge on any atom is -0.443 e. The van der Waals surface area contributed by atoms with Crippen molar-refractivity contribution < 1.29 is 33.4 Å². The minimum atomic E-state index is -1.33. The SMILES string of the molecule is CN(CCC#Cc1cccc2c1CN(C1CCC(=O)N(COCC[Si](C)(C)C)C1=O)C2=O)c1ccc(C(=O)Nc2cc3c(cn2)cc([C@H]2CCCN2C)n3C(=O)OC(C)(C)C)cc1. The van der Waals surface area contributed by atoms with Gasteiger partial charge in [0, 0.05) is 93.4 Å². The lowest BCUT2D eigenvalue weighted by Gasteiger charge is -2.35. The number of benzene rings is 2. The van der Waals surface area contributed by atoms with Crippen molar-refractivity contribution in [1.29, 1.82) is 0 Å². The number of nitrogens with zero attached hydrogens (tertiary/aromatic N) is 6. The molecule has 7 rings (SSSR count). The van der Waals surface area contributed by atoms with E-state index in [0.29, 0.717) is 42.0 Å². The molecule has 2 aromatic carbocycles. The van der Waals surface area contributed by atoms with Gasteiger partial charge in [0.2, 0.25) is 5.91 Å². The van der Waals surface area contributed by atoms with Crippen LogP contribution in [-0.2, 0) is 25.6 Å². The average molecular weight is 874 g/mol. The van der Waals surface area contributed by atoms with E-state index in [1.165, 1.54) is 0 Å². The van der Waals surface area contributed by atoms with Crippen LogP contribution in [0, 0.1) is 11.8 Å². The Balaban J connectivity index is 0.956.